The van der Waals surface area contributed by atoms with Crippen molar-refractivity contribution in [3.05, 3.63) is 0 Å². The molecule has 1 aliphatic heterocycles. The SMILES string of the molecule is C#CCCCCCCCCC(=O)OC(CN1CCOCC1)CS(=O)(=O)O. The van der Waals surface area contributed by atoms with Crippen molar-refractivity contribution in [2.24, 2.45) is 0 Å². The van der Waals surface area contributed by atoms with Crippen LogP contribution in [0.2, 0.25) is 0 Å². The number of morpholine rings is 1. The van der Waals surface area contributed by atoms with Crippen molar-refractivity contribution in [1.29, 1.82) is 0 Å². The molecule has 1 saturated heterocycles. The second-order valence-electron chi connectivity index (χ2n) is 6.60. The molecule has 0 aliphatic carbocycles. The Morgan fingerprint density at radius 1 is 1.15 bits per heavy atom. The minimum atomic E-state index is -4.21. The highest BCUT2D eigenvalue weighted by atomic mass is 32.2. The number of rotatable bonds is 13. The minimum Gasteiger partial charge on any atom is -0.460 e. The molecule has 1 rings (SSSR count). The Bertz CT molecular complexity index is 536. The summed E-state index contributed by atoms with van der Waals surface area (Å²) in [6, 6.07) is 0. The predicted octanol–water partition coefficient (Wildman–Crippen LogP) is 1.87. The quantitative estimate of drug-likeness (QED) is 0.222. The molecule has 0 spiro atoms. The Kier molecular flexibility index (Phi) is 11.5. The first kappa shape index (κ1) is 22.9. The average Bonchev–Trinajstić information content (AvgIpc) is 2.56. The number of hydrogen-bond donors (Lipinski definition) is 1. The molecule has 7 nitrogen and oxygen atoms in total. The first-order valence-corrected chi connectivity index (χ1v) is 10.9. The van der Waals surface area contributed by atoms with E-state index in [0.717, 1.165) is 38.5 Å². The third kappa shape index (κ3) is 12.3. The Balaban J connectivity index is 2.27. The van der Waals surface area contributed by atoms with Crippen LogP contribution < -0.4 is 0 Å². The molecule has 1 aliphatic rings. The van der Waals surface area contributed by atoms with Gasteiger partial charge in [-0.05, 0) is 12.8 Å². The molecule has 0 bridgehead atoms. The van der Waals surface area contributed by atoms with Gasteiger partial charge in [-0.25, -0.2) is 0 Å². The fraction of sp³-hybridized carbons (Fsp3) is 0.833. The van der Waals surface area contributed by atoms with Gasteiger partial charge in [-0.15, -0.1) is 12.3 Å². The molecular formula is C18H31NO6S. The smallest absolute Gasteiger partial charge is 0.306 e. The molecule has 150 valence electrons. The zero-order valence-electron chi connectivity index (χ0n) is 15.4. The lowest BCUT2D eigenvalue weighted by atomic mass is 10.1. The van der Waals surface area contributed by atoms with E-state index in [0.29, 0.717) is 32.7 Å². The Morgan fingerprint density at radius 2 is 1.77 bits per heavy atom. The molecule has 0 amide bonds. The van der Waals surface area contributed by atoms with E-state index in [4.69, 9.17) is 20.4 Å². The standard InChI is InChI=1S/C18H31NO6S/c1-2-3-4-5-6-7-8-9-10-18(20)25-17(16-26(21,22)23)15-19-11-13-24-14-12-19/h1,17H,3-16H2,(H,21,22,23). The molecule has 26 heavy (non-hydrogen) atoms. The van der Waals surface area contributed by atoms with Crippen molar-refractivity contribution in [3.8, 4) is 12.3 Å². The fourth-order valence-corrected chi connectivity index (χ4v) is 3.52. The van der Waals surface area contributed by atoms with Gasteiger partial charge in [0.15, 0.2) is 0 Å². The third-order valence-corrected chi connectivity index (χ3v) is 5.01. The van der Waals surface area contributed by atoms with Gasteiger partial charge in [-0.2, -0.15) is 8.42 Å². The zero-order chi connectivity index (χ0) is 19.3. The lowest BCUT2D eigenvalue weighted by molar-refractivity contribution is -0.149. The van der Waals surface area contributed by atoms with Gasteiger partial charge < -0.3 is 9.47 Å². The number of hydrogen-bond acceptors (Lipinski definition) is 6. The second kappa shape index (κ2) is 13.1. The fourth-order valence-electron chi connectivity index (χ4n) is 2.88. The third-order valence-electron chi connectivity index (χ3n) is 4.21. The van der Waals surface area contributed by atoms with E-state index in [2.05, 4.69) is 5.92 Å². The van der Waals surface area contributed by atoms with Gasteiger partial charge in [0.05, 0.1) is 13.2 Å². The van der Waals surface area contributed by atoms with Gasteiger partial charge in [0.1, 0.15) is 11.9 Å². The molecule has 1 fully saturated rings. The van der Waals surface area contributed by atoms with E-state index in [1.807, 2.05) is 4.90 Å². The Morgan fingerprint density at radius 3 is 2.38 bits per heavy atom. The summed E-state index contributed by atoms with van der Waals surface area (Å²) in [5.74, 6) is 1.62. The van der Waals surface area contributed by atoms with E-state index in [9.17, 15) is 13.2 Å². The molecule has 0 aromatic carbocycles. The summed E-state index contributed by atoms with van der Waals surface area (Å²) >= 11 is 0. The summed E-state index contributed by atoms with van der Waals surface area (Å²) < 4.78 is 42.0. The molecule has 1 atom stereocenters. The van der Waals surface area contributed by atoms with Crippen LogP contribution in [-0.4, -0.2) is 68.5 Å². The highest BCUT2D eigenvalue weighted by molar-refractivity contribution is 7.85. The van der Waals surface area contributed by atoms with Crippen LogP contribution in [-0.2, 0) is 24.4 Å². The van der Waals surface area contributed by atoms with E-state index >= 15 is 0 Å². The summed E-state index contributed by atoms with van der Waals surface area (Å²) in [6.45, 7) is 2.71. The Labute approximate surface area is 157 Å². The molecule has 0 aromatic heterocycles. The maximum atomic E-state index is 12.0. The molecular weight excluding hydrogens is 358 g/mol. The van der Waals surface area contributed by atoms with Gasteiger partial charge in [0.25, 0.3) is 10.1 Å². The van der Waals surface area contributed by atoms with Crippen LogP contribution in [0.5, 0.6) is 0 Å². The summed E-state index contributed by atoms with van der Waals surface area (Å²) in [5.41, 5.74) is 0. The second-order valence-corrected chi connectivity index (χ2v) is 8.10. The van der Waals surface area contributed by atoms with Crippen molar-refractivity contribution >= 4 is 16.1 Å². The van der Waals surface area contributed by atoms with E-state index in [1.54, 1.807) is 0 Å². The highest BCUT2D eigenvalue weighted by Gasteiger charge is 2.24. The van der Waals surface area contributed by atoms with Crippen LogP contribution in [0.4, 0.5) is 0 Å². The molecule has 8 heteroatoms. The van der Waals surface area contributed by atoms with E-state index in [-0.39, 0.29) is 13.0 Å². The molecule has 1 heterocycles. The first-order chi connectivity index (χ1) is 12.4. The van der Waals surface area contributed by atoms with Crippen LogP contribution in [0.25, 0.3) is 0 Å². The topological polar surface area (TPSA) is 93.1 Å². The summed E-state index contributed by atoms with van der Waals surface area (Å²) in [7, 11) is -4.21. The van der Waals surface area contributed by atoms with Crippen molar-refractivity contribution in [3.63, 3.8) is 0 Å². The van der Waals surface area contributed by atoms with Gasteiger partial charge in [-0.1, -0.05) is 25.7 Å². The van der Waals surface area contributed by atoms with Gasteiger partial charge in [-0.3, -0.25) is 14.2 Å². The Hall–Kier alpha value is -1.14. The number of carbonyl (C=O) groups excluding carboxylic acids is 1. The minimum absolute atomic E-state index is 0.259. The molecule has 0 saturated carbocycles. The molecule has 0 radical (unpaired) electrons. The van der Waals surface area contributed by atoms with Gasteiger partial charge >= 0.3 is 5.97 Å². The average molecular weight is 390 g/mol. The highest BCUT2D eigenvalue weighted by Crippen LogP contribution is 2.11. The number of terminal acetylenes is 1. The number of unbranched alkanes of at least 4 members (excludes halogenated alkanes) is 6. The number of ether oxygens (including phenoxy) is 2. The maximum absolute atomic E-state index is 12.0. The molecule has 1 N–H and O–H groups in total. The normalized spacial score (nSPS) is 16.8. The van der Waals surface area contributed by atoms with Crippen LogP contribution in [0.15, 0.2) is 0 Å². The van der Waals surface area contributed by atoms with Gasteiger partial charge in [0.2, 0.25) is 0 Å². The predicted molar refractivity (Wildman–Crippen MR) is 99.3 cm³/mol. The number of carbonyl (C=O) groups is 1. The zero-order valence-corrected chi connectivity index (χ0v) is 16.2. The van der Waals surface area contributed by atoms with Crippen molar-refractivity contribution in [1.82, 2.24) is 4.90 Å². The van der Waals surface area contributed by atoms with Crippen LogP contribution in [0.3, 0.4) is 0 Å². The maximum Gasteiger partial charge on any atom is 0.306 e. The van der Waals surface area contributed by atoms with Crippen LogP contribution in [0.1, 0.15) is 51.4 Å². The van der Waals surface area contributed by atoms with Crippen molar-refractivity contribution in [2.75, 3.05) is 38.6 Å². The number of esters is 1. The lowest BCUT2D eigenvalue weighted by Crippen LogP contribution is -2.44. The van der Waals surface area contributed by atoms with Gasteiger partial charge in [0, 0.05) is 32.5 Å². The summed E-state index contributed by atoms with van der Waals surface area (Å²) in [5, 5.41) is 0. The van der Waals surface area contributed by atoms with Crippen LogP contribution >= 0.6 is 0 Å². The van der Waals surface area contributed by atoms with Crippen molar-refractivity contribution < 1.29 is 27.2 Å². The number of nitrogens with zero attached hydrogens (tertiary/aromatic N) is 1. The van der Waals surface area contributed by atoms with Crippen molar-refractivity contribution in [2.45, 2.75) is 57.5 Å². The summed E-state index contributed by atoms with van der Waals surface area (Å²) in [4.78, 5) is 14.0. The lowest BCUT2D eigenvalue weighted by Gasteiger charge is -2.29. The monoisotopic (exact) mass is 389 g/mol. The van der Waals surface area contributed by atoms with E-state index in [1.165, 1.54) is 0 Å². The summed E-state index contributed by atoms with van der Waals surface area (Å²) in [6.07, 6.45) is 11.3. The molecule has 0 aromatic rings. The largest absolute Gasteiger partial charge is 0.460 e. The van der Waals surface area contributed by atoms with E-state index < -0.39 is 27.9 Å². The van der Waals surface area contributed by atoms with Crippen LogP contribution in [0, 0.1) is 12.3 Å². The first-order valence-electron chi connectivity index (χ1n) is 9.29. The molecule has 1 unspecified atom stereocenters.